The number of rotatable bonds is 5. The van der Waals surface area contributed by atoms with Gasteiger partial charge >= 0.3 is 5.97 Å². The van der Waals surface area contributed by atoms with Gasteiger partial charge in [0.2, 0.25) is 0 Å². The maximum atomic E-state index is 12.9. The molecule has 0 N–H and O–H groups in total. The van der Waals surface area contributed by atoms with Gasteiger partial charge in [-0.25, -0.2) is 9.18 Å². The molecule has 0 aliphatic rings. The van der Waals surface area contributed by atoms with Gasteiger partial charge in [0.05, 0.1) is 12.1 Å². The van der Waals surface area contributed by atoms with Gasteiger partial charge in [0.1, 0.15) is 23.1 Å². The zero-order valence-electron chi connectivity index (χ0n) is 12.0. The summed E-state index contributed by atoms with van der Waals surface area (Å²) in [6, 6.07) is 10.4. The molecule has 0 aliphatic heterocycles. The van der Waals surface area contributed by atoms with Crippen LogP contribution in [0.15, 0.2) is 42.5 Å². The van der Waals surface area contributed by atoms with E-state index in [1.165, 1.54) is 31.4 Å². The highest BCUT2D eigenvalue weighted by atomic mass is 35.5. The van der Waals surface area contributed by atoms with Gasteiger partial charge in [-0.2, -0.15) is 0 Å². The third-order valence-corrected chi connectivity index (χ3v) is 3.10. The van der Waals surface area contributed by atoms with E-state index >= 15 is 0 Å². The van der Waals surface area contributed by atoms with Gasteiger partial charge in [-0.3, -0.25) is 0 Å². The van der Waals surface area contributed by atoms with Crippen molar-refractivity contribution in [3.05, 3.63) is 53.3 Å². The lowest BCUT2D eigenvalue weighted by Gasteiger charge is -2.14. The van der Waals surface area contributed by atoms with Crippen LogP contribution in [0.4, 0.5) is 4.39 Å². The van der Waals surface area contributed by atoms with Crippen LogP contribution in [0.1, 0.15) is 6.92 Å². The van der Waals surface area contributed by atoms with Gasteiger partial charge in [0.25, 0.3) is 0 Å². The average Bonchev–Trinajstić information content (AvgIpc) is 2.52. The number of methoxy groups -OCH3 is 1. The second-order valence-corrected chi connectivity index (χ2v) is 4.84. The minimum atomic E-state index is -0.802. The van der Waals surface area contributed by atoms with E-state index in [2.05, 4.69) is 4.74 Å². The van der Waals surface area contributed by atoms with Crippen LogP contribution in [0.2, 0.25) is 5.02 Å². The Bertz CT molecular complexity index is 658. The maximum Gasteiger partial charge on any atom is 0.346 e. The fourth-order valence-electron chi connectivity index (χ4n) is 1.68. The number of esters is 1. The number of carbonyl (C=O) groups is 1. The van der Waals surface area contributed by atoms with Crippen molar-refractivity contribution in [2.45, 2.75) is 13.0 Å². The summed E-state index contributed by atoms with van der Waals surface area (Å²) in [5, 5.41) is 0.335. The summed E-state index contributed by atoms with van der Waals surface area (Å²) in [5.74, 6) is 0.346. The van der Waals surface area contributed by atoms with E-state index in [0.717, 1.165) is 0 Å². The molecule has 0 radical (unpaired) electrons. The third kappa shape index (κ3) is 4.11. The maximum absolute atomic E-state index is 12.9. The lowest BCUT2D eigenvalue weighted by molar-refractivity contribution is -0.147. The van der Waals surface area contributed by atoms with Crippen molar-refractivity contribution in [2.24, 2.45) is 0 Å². The minimum absolute atomic E-state index is 0.291. The van der Waals surface area contributed by atoms with Crippen LogP contribution in [-0.2, 0) is 9.53 Å². The van der Waals surface area contributed by atoms with Crippen molar-refractivity contribution in [1.82, 2.24) is 0 Å². The molecule has 1 unspecified atom stereocenters. The largest absolute Gasteiger partial charge is 0.477 e. The number of halogens is 2. The summed E-state index contributed by atoms with van der Waals surface area (Å²) >= 11 is 6.03. The Balaban J connectivity index is 2.15. The van der Waals surface area contributed by atoms with E-state index in [-0.39, 0.29) is 5.82 Å². The zero-order valence-corrected chi connectivity index (χ0v) is 12.8. The Labute approximate surface area is 132 Å². The van der Waals surface area contributed by atoms with Crippen molar-refractivity contribution in [3.63, 3.8) is 0 Å². The number of hydrogen-bond donors (Lipinski definition) is 0. The van der Waals surface area contributed by atoms with Crippen LogP contribution in [0.3, 0.4) is 0 Å². The monoisotopic (exact) mass is 324 g/mol. The predicted octanol–water partition coefficient (Wildman–Crippen LogP) is 4.21. The van der Waals surface area contributed by atoms with E-state index in [1.54, 1.807) is 25.1 Å². The molecule has 0 bridgehead atoms. The summed E-state index contributed by atoms with van der Waals surface area (Å²) < 4.78 is 28.5. The molecule has 1 atom stereocenters. The van der Waals surface area contributed by atoms with Crippen molar-refractivity contribution in [1.29, 1.82) is 0 Å². The van der Waals surface area contributed by atoms with Crippen LogP contribution < -0.4 is 9.47 Å². The van der Waals surface area contributed by atoms with E-state index < -0.39 is 12.1 Å². The van der Waals surface area contributed by atoms with Gasteiger partial charge in [0.15, 0.2) is 6.10 Å². The number of benzene rings is 2. The Kier molecular flexibility index (Phi) is 5.22. The molecule has 0 spiro atoms. The summed E-state index contributed by atoms with van der Waals surface area (Å²) in [6.07, 6.45) is -0.802. The second kappa shape index (κ2) is 7.13. The fourth-order valence-corrected chi connectivity index (χ4v) is 1.84. The van der Waals surface area contributed by atoms with E-state index in [1.807, 2.05) is 0 Å². The first-order valence-corrected chi connectivity index (χ1v) is 6.85. The molecule has 6 heteroatoms. The molecule has 116 valence electrons. The standard InChI is InChI=1S/C16H14ClFO4/c1-10(16(19)20-2)21-15-9-13(7-8-14(15)17)22-12-5-3-11(18)4-6-12/h3-10H,1-2H3. The van der Waals surface area contributed by atoms with Crippen LogP contribution in [0.5, 0.6) is 17.2 Å². The van der Waals surface area contributed by atoms with Crippen molar-refractivity contribution >= 4 is 17.6 Å². The summed E-state index contributed by atoms with van der Waals surface area (Å²) in [7, 11) is 1.28. The first kappa shape index (κ1) is 16.1. The topological polar surface area (TPSA) is 44.8 Å². The fraction of sp³-hybridized carbons (Fsp3) is 0.188. The molecule has 0 amide bonds. The Morgan fingerprint density at radius 2 is 1.77 bits per heavy atom. The van der Waals surface area contributed by atoms with E-state index in [0.29, 0.717) is 22.3 Å². The van der Waals surface area contributed by atoms with Crippen molar-refractivity contribution in [3.8, 4) is 17.2 Å². The smallest absolute Gasteiger partial charge is 0.346 e. The normalized spacial score (nSPS) is 11.6. The van der Waals surface area contributed by atoms with Gasteiger partial charge in [-0.1, -0.05) is 11.6 Å². The minimum Gasteiger partial charge on any atom is -0.477 e. The molecular formula is C16H14ClFO4. The van der Waals surface area contributed by atoms with E-state index in [4.69, 9.17) is 21.1 Å². The van der Waals surface area contributed by atoms with Crippen LogP contribution in [-0.4, -0.2) is 19.2 Å². The second-order valence-electron chi connectivity index (χ2n) is 4.43. The molecule has 0 fully saturated rings. The van der Waals surface area contributed by atoms with Crippen LogP contribution in [0.25, 0.3) is 0 Å². The quantitative estimate of drug-likeness (QED) is 0.773. The molecular weight excluding hydrogens is 311 g/mol. The van der Waals surface area contributed by atoms with Gasteiger partial charge in [-0.05, 0) is 43.3 Å². The van der Waals surface area contributed by atoms with E-state index in [9.17, 15) is 9.18 Å². The summed E-state index contributed by atoms with van der Waals surface area (Å²) in [6.45, 7) is 1.55. The van der Waals surface area contributed by atoms with Crippen molar-refractivity contribution in [2.75, 3.05) is 7.11 Å². The first-order valence-electron chi connectivity index (χ1n) is 6.47. The Morgan fingerprint density at radius 1 is 1.14 bits per heavy atom. The third-order valence-electron chi connectivity index (χ3n) is 2.79. The molecule has 0 saturated heterocycles. The SMILES string of the molecule is COC(=O)C(C)Oc1cc(Oc2ccc(F)cc2)ccc1Cl. The number of hydrogen-bond acceptors (Lipinski definition) is 4. The van der Waals surface area contributed by atoms with Gasteiger partial charge < -0.3 is 14.2 Å². The highest BCUT2D eigenvalue weighted by Crippen LogP contribution is 2.32. The molecule has 0 heterocycles. The van der Waals surface area contributed by atoms with Gasteiger partial charge in [0, 0.05) is 6.07 Å². The Morgan fingerprint density at radius 3 is 2.41 bits per heavy atom. The summed E-state index contributed by atoms with van der Waals surface area (Å²) in [5.41, 5.74) is 0. The molecule has 4 nitrogen and oxygen atoms in total. The lowest BCUT2D eigenvalue weighted by Crippen LogP contribution is -2.25. The molecule has 0 saturated carbocycles. The van der Waals surface area contributed by atoms with Crippen molar-refractivity contribution < 1.29 is 23.4 Å². The van der Waals surface area contributed by atoms with Crippen LogP contribution in [0, 0.1) is 5.82 Å². The average molecular weight is 325 g/mol. The number of ether oxygens (including phenoxy) is 3. The molecule has 2 aromatic carbocycles. The lowest BCUT2D eigenvalue weighted by atomic mass is 10.3. The zero-order chi connectivity index (χ0) is 16.1. The van der Waals surface area contributed by atoms with Gasteiger partial charge in [-0.15, -0.1) is 0 Å². The molecule has 0 aliphatic carbocycles. The summed E-state index contributed by atoms with van der Waals surface area (Å²) in [4.78, 5) is 11.4. The first-order chi connectivity index (χ1) is 10.5. The molecule has 2 rings (SSSR count). The highest BCUT2D eigenvalue weighted by molar-refractivity contribution is 6.32. The van der Waals surface area contributed by atoms with Crippen LogP contribution >= 0.6 is 11.6 Å². The predicted molar refractivity (Wildman–Crippen MR) is 80.0 cm³/mol. The molecule has 2 aromatic rings. The Hall–Kier alpha value is -2.27. The molecule has 0 aromatic heterocycles. The molecule has 22 heavy (non-hydrogen) atoms. The highest BCUT2D eigenvalue weighted by Gasteiger charge is 2.17. The number of carbonyl (C=O) groups excluding carboxylic acids is 1.